The van der Waals surface area contributed by atoms with E-state index < -0.39 is 0 Å². The van der Waals surface area contributed by atoms with Gasteiger partial charge in [0.25, 0.3) is 0 Å². The number of hydrogen-bond donors (Lipinski definition) is 2. The van der Waals surface area contributed by atoms with Crippen LogP contribution < -0.4 is 11.0 Å². The Balaban J connectivity index is 2.17. The summed E-state index contributed by atoms with van der Waals surface area (Å²) >= 11 is 1.76. The summed E-state index contributed by atoms with van der Waals surface area (Å²) in [5.74, 6) is 0. The Morgan fingerprint density at radius 1 is 1.48 bits per heavy atom. The van der Waals surface area contributed by atoms with E-state index in [-0.39, 0.29) is 5.69 Å². The third-order valence-corrected chi connectivity index (χ3v) is 5.77. The predicted molar refractivity (Wildman–Crippen MR) is 87.9 cm³/mol. The topological polar surface area (TPSA) is 62.7 Å². The molecule has 2 N–H and O–H groups in total. The first kappa shape index (κ1) is 16.6. The molecule has 0 radical (unpaired) electrons. The van der Waals surface area contributed by atoms with Gasteiger partial charge in [0.2, 0.25) is 0 Å². The number of H-pyrrole nitrogens is 1. The van der Waals surface area contributed by atoms with Crippen molar-refractivity contribution in [1.82, 2.24) is 20.1 Å². The summed E-state index contributed by atoms with van der Waals surface area (Å²) < 4.78 is 1.73. The molecule has 1 aromatic rings. The molecule has 1 aliphatic carbocycles. The maximum absolute atomic E-state index is 11.7. The first-order valence-corrected chi connectivity index (χ1v) is 8.92. The first-order valence-electron chi connectivity index (χ1n) is 8.04. The van der Waals surface area contributed by atoms with E-state index in [4.69, 9.17) is 0 Å². The average molecular weight is 312 g/mol. The fourth-order valence-corrected chi connectivity index (χ4v) is 4.82. The quantitative estimate of drug-likeness (QED) is 0.847. The molecule has 2 atom stereocenters. The minimum atomic E-state index is -0.104. The number of hydrogen-bond acceptors (Lipinski definition) is 4. The third-order valence-electron chi connectivity index (χ3n) is 4.43. The van der Waals surface area contributed by atoms with E-state index in [1.54, 1.807) is 16.3 Å². The van der Waals surface area contributed by atoms with Crippen molar-refractivity contribution < 1.29 is 0 Å². The highest BCUT2D eigenvalue weighted by Crippen LogP contribution is 2.42. The molecule has 1 heterocycles. The minimum Gasteiger partial charge on any atom is -0.312 e. The summed E-state index contributed by atoms with van der Waals surface area (Å²) in [6.07, 6.45) is 4.83. The number of rotatable bonds is 6. The SMILES string of the molecule is CCCNC1C(Sc2n[nH]c(=O)n2CC)CCCC1(C)C. The van der Waals surface area contributed by atoms with Gasteiger partial charge in [-0.3, -0.25) is 4.57 Å². The monoisotopic (exact) mass is 312 g/mol. The van der Waals surface area contributed by atoms with Crippen LogP contribution in [0.5, 0.6) is 0 Å². The van der Waals surface area contributed by atoms with Gasteiger partial charge in [-0.1, -0.05) is 39.0 Å². The van der Waals surface area contributed by atoms with Crippen molar-refractivity contribution in [2.24, 2.45) is 5.41 Å². The van der Waals surface area contributed by atoms with E-state index in [1.165, 1.54) is 19.3 Å². The fraction of sp³-hybridized carbons (Fsp3) is 0.867. The molecule has 0 saturated heterocycles. The average Bonchev–Trinajstić information content (AvgIpc) is 2.78. The number of aromatic nitrogens is 3. The molecule has 5 nitrogen and oxygen atoms in total. The Morgan fingerprint density at radius 3 is 2.90 bits per heavy atom. The lowest BCUT2D eigenvalue weighted by Gasteiger charge is -2.44. The fourth-order valence-electron chi connectivity index (χ4n) is 3.23. The normalized spacial score (nSPS) is 25.1. The van der Waals surface area contributed by atoms with E-state index in [2.05, 4.69) is 36.3 Å². The van der Waals surface area contributed by atoms with Crippen molar-refractivity contribution in [3.8, 4) is 0 Å². The van der Waals surface area contributed by atoms with Gasteiger partial charge in [-0.2, -0.15) is 0 Å². The van der Waals surface area contributed by atoms with Gasteiger partial charge in [0, 0.05) is 17.8 Å². The highest BCUT2D eigenvalue weighted by atomic mass is 32.2. The number of thioether (sulfide) groups is 1. The standard InChI is InChI=1S/C15H28N4OS/c1-5-10-16-12-11(8-7-9-15(12,3)4)21-14-18-17-13(20)19(14)6-2/h11-12,16H,5-10H2,1-4H3,(H,17,20). The van der Waals surface area contributed by atoms with E-state index in [9.17, 15) is 4.79 Å². The van der Waals surface area contributed by atoms with Crippen molar-refractivity contribution in [3.63, 3.8) is 0 Å². The molecule has 1 aromatic heterocycles. The second-order valence-corrected chi connectivity index (χ2v) is 7.73. The lowest BCUT2D eigenvalue weighted by molar-refractivity contribution is 0.174. The Bertz CT molecular complexity index is 508. The largest absolute Gasteiger partial charge is 0.343 e. The van der Waals surface area contributed by atoms with Crippen LogP contribution in [-0.4, -0.2) is 32.6 Å². The number of nitrogens with one attached hydrogen (secondary N) is 2. The molecule has 1 fully saturated rings. The van der Waals surface area contributed by atoms with E-state index in [1.807, 2.05) is 6.92 Å². The zero-order valence-electron chi connectivity index (χ0n) is 13.6. The molecular formula is C15H28N4OS. The molecule has 120 valence electrons. The molecule has 0 spiro atoms. The van der Waals surface area contributed by atoms with Gasteiger partial charge in [-0.15, -0.1) is 5.10 Å². The first-order chi connectivity index (χ1) is 9.99. The summed E-state index contributed by atoms with van der Waals surface area (Å²) in [7, 11) is 0. The zero-order valence-corrected chi connectivity index (χ0v) is 14.4. The van der Waals surface area contributed by atoms with Crippen LogP contribution in [0.25, 0.3) is 0 Å². The van der Waals surface area contributed by atoms with Crippen molar-refractivity contribution in [3.05, 3.63) is 10.5 Å². The molecule has 2 unspecified atom stereocenters. The molecule has 21 heavy (non-hydrogen) atoms. The summed E-state index contributed by atoms with van der Waals surface area (Å²) in [6, 6.07) is 0.466. The Hall–Kier alpha value is -0.750. The molecule has 0 aromatic carbocycles. The summed E-state index contributed by atoms with van der Waals surface area (Å²) in [5.41, 5.74) is 0.187. The summed E-state index contributed by atoms with van der Waals surface area (Å²) in [6.45, 7) is 10.6. The highest BCUT2D eigenvalue weighted by molar-refractivity contribution is 7.99. The molecule has 0 amide bonds. The Kier molecular flexibility index (Phi) is 5.54. The Labute approximate surface area is 131 Å². The molecule has 0 bridgehead atoms. The molecule has 2 rings (SSSR count). The van der Waals surface area contributed by atoms with Crippen LogP contribution in [0.1, 0.15) is 53.4 Å². The number of nitrogens with zero attached hydrogens (tertiary/aromatic N) is 2. The van der Waals surface area contributed by atoms with Gasteiger partial charge in [0.05, 0.1) is 0 Å². The lowest BCUT2D eigenvalue weighted by atomic mass is 9.73. The van der Waals surface area contributed by atoms with Crippen LogP contribution in [0.4, 0.5) is 0 Å². The molecule has 0 aliphatic heterocycles. The third kappa shape index (κ3) is 3.72. The minimum absolute atomic E-state index is 0.104. The van der Waals surface area contributed by atoms with E-state index in [0.717, 1.165) is 18.1 Å². The van der Waals surface area contributed by atoms with Crippen molar-refractivity contribution in [2.45, 2.75) is 76.4 Å². The molecule has 1 aliphatic rings. The summed E-state index contributed by atoms with van der Waals surface area (Å²) in [4.78, 5) is 11.7. The smallest absolute Gasteiger partial charge is 0.312 e. The van der Waals surface area contributed by atoms with Gasteiger partial charge >= 0.3 is 5.69 Å². The van der Waals surface area contributed by atoms with E-state index >= 15 is 0 Å². The number of aromatic amines is 1. The van der Waals surface area contributed by atoms with Crippen LogP contribution in [-0.2, 0) is 6.54 Å². The van der Waals surface area contributed by atoms with Crippen molar-refractivity contribution in [2.75, 3.05) is 6.54 Å². The van der Waals surface area contributed by atoms with Gasteiger partial charge in [0.15, 0.2) is 5.16 Å². The van der Waals surface area contributed by atoms with Crippen LogP contribution in [0, 0.1) is 5.41 Å². The molecule has 6 heteroatoms. The van der Waals surface area contributed by atoms with Crippen LogP contribution in [0.2, 0.25) is 0 Å². The maximum atomic E-state index is 11.7. The van der Waals surface area contributed by atoms with Gasteiger partial charge in [0.1, 0.15) is 0 Å². The van der Waals surface area contributed by atoms with Crippen LogP contribution >= 0.6 is 11.8 Å². The van der Waals surface area contributed by atoms with Gasteiger partial charge in [-0.05, 0) is 38.1 Å². The van der Waals surface area contributed by atoms with Gasteiger partial charge < -0.3 is 5.32 Å². The summed E-state index contributed by atoms with van der Waals surface area (Å²) in [5, 5.41) is 11.8. The Morgan fingerprint density at radius 2 is 2.24 bits per heavy atom. The zero-order chi connectivity index (χ0) is 15.5. The maximum Gasteiger partial charge on any atom is 0.343 e. The van der Waals surface area contributed by atoms with Crippen molar-refractivity contribution in [1.29, 1.82) is 0 Å². The predicted octanol–water partition coefficient (Wildman–Crippen LogP) is 2.63. The van der Waals surface area contributed by atoms with Gasteiger partial charge in [-0.25, -0.2) is 9.89 Å². The molecular weight excluding hydrogens is 284 g/mol. The van der Waals surface area contributed by atoms with E-state index in [0.29, 0.717) is 23.3 Å². The second-order valence-electron chi connectivity index (χ2n) is 6.52. The van der Waals surface area contributed by atoms with Crippen LogP contribution in [0.15, 0.2) is 9.95 Å². The van der Waals surface area contributed by atoms with Crippen molar-refractivity contribution >= 4 is 11.8 Å². The lowest BCUT2D eigenvalue weighted by Crippen LogP contribution is -2.51. The highest BCUT2D eigenvalue weighted by Gasteiger charge is 2.39. The molecule has 1 saturated carbocycles. The second kappa shape index (κ2) is 7.01. The van der Waals surface area contributed by atoms with Crippen LogP contribution in [0.3, 0.4) is 0 Å².